The predicted octanol–water partition coefficient (Wildman–Crippen LogP) is 1.46. The lowest BCUT2D eigenvalue weighted by Gasteiger charge is -2.10. The highest BCUT2D eigenvalue weighted by molar-refractivity contribution is 5.49. The van der Waals surface area contributed by atoms with E-state index >= 15 is 0 Å². The summed E-state index contributed by atoms with van der Waals surface area (Å²) in [7, 11) is 1.49. The molecule has 3 heteroatoms. The molecule has 0 atom stereocenters. The zero-order valence-electron chi connectivity index (χ0n) is 7.87. The van der Waals surface area contributed by atoms with E-state index in [4.69, 9.17) is 9.84 Å². The Kier molecular flexibility index (Phi) is 3.14. The number of phenols is 1. The van der Waals surface area contributed by atoms with Gasteiger partial charge in [0.05, 0.1) is 13.7 Å². The van der Waals surface area contributed by atoms with Crippen molar-refractivity contribution in [2.45, 2.75) is 20.0 Å². The van der Waals surface area contributed by atoms with Crippen LogP contribution in [0.2, 0.25) is 0 Å². The maximum atomic E-state index is 9.62. The highest BCUT2D eigenvalue weighted by Gasteiger charge is 2.10. The quantitative estimate of drug-likeness (QED) is 0.744. The van der Waals surface area contributed by atoms with Crippen molar-refractivity contribution in [3.63, 3.8) is 0 Å². The van der Waals surface area contributed by atoms with Crippen LogP contribution in [0.15, 0.2) is 12.1 Å². The van der Waals surface area contributed by atoms with Crippen molar-refractivity contribution in [2.75, 3.05) is 7.11 Å². The third kappa shape index (κ3) is 1.75. The number of aryl methyl sites for hydroxylation is 1. The minimum absolute atomic E-state index is 0.0457. The van der Waals surface area contributed by atoms with Crippen molar-refractivity contribution in [1.29, 1.82) is 0 Å². The lowest BCUT2D eigenvalue weighted by Crippen LogP contribution is -1.95. The summed E-state index contributed by atoms with van der Waals surface area (Å²) in [6.07, 6.45) is 0.785. The van der Waals surface area contributed by atoms with E-state index in [1.807, 2.05) is 13.0 Å². The first-order valence-corrected chi connectivity index (χ1v) is 4.23. The van der Waals surface area contributed by atoms with Gasteiger partial charge < -0.3 is 14.9 Å². The fourth-order valence-corrected chi connectivity index (χ4v) is 1.33. The predicted molar refractivity (Wildman–Crippen MR) is 50.0 cm³/mol. The van der Waals surface area contributed by atoms with Gasteiger partial charge in [-0.1, -0.05) is 13.0 Å². The Morgan fingerprint density at radius 2 is 2.08 bits per heavy atom. The molecule has 1 aromatic carbocycles. The number of benzene rings is 1. The fraction of sp³-hybridized carbons (Fsp3) is 0.400. The first-order chi connectivity index (χ1) is 6.24. The lowest BCUT2D eigenvalue weighted by atomic mass is 10.0. The van der Waals surface area contributed by atoms with Gasteiger partial charge in [0.15, 0.2) is 11.5 Å². The minimum Gasteiger partial charge on any atom is -0.504 e. The molecule has 13 heavy (non-hydrogen) atoms. The van der Waals surface area contributed by atoms with Crippen LogP contribution in [0.1, 0.15) is 18.1 Å². The number of hydrogen-bond acceptors (Lipinski definition) is 3. The van der Waals surface area contributed by atoms with E-state index in [1.54, 1.807) is 6.07 Å². The molecule has 0 heterocycles. The third-order valence-electron chi connectivity index (χ3n) is 2.10. The van der Waals surface area contributed by atoms with Gasteiger partial charge in [0.25, 0.3) is 0 Å². The van der Waals surface area contributed by atoms with Gasteiger partial charge in [-0.15, -0.1) is 0 Å². The summed E-state index contributed by atoms with van der Waals surface area (Å²) in [4.78, 5) is 0. The molecule has 0 aliphatic rings. The Hall–Kier alpha value is -1.22. The zero-order chi connectivity index (χ0) is 9.84. The summed E-state index contributed by atoms with van der Waals surface area (Å²) in [6, 6.07) is 3.55. The summed E-state index contributed by atoms with van der Waals surface area (Å²) in [5, 5.41) is 18.7. The molecular weight excluding hydrogens is 168 g/mol. The normalized spacial score (nSPS) is 10.1. The molecule has 3 nitrogen and oxygen atoms in total. The fourth-order valence-electron chi connectivity index (χ4n) is 1.33. The Bertz CT molecular complexity index is 294. The second-order valence-corrected chi connectivity index (χ2v) is 2.77. The monoisotopic (exact) mass is 182 g/mol. The molecule has 0 bridgehead atoms. The number of aliphatic hydroxyl groups is 1. The summed E-state index contributed by atoms with van der Waals surface area (Å²) in [6.45, 7) is 1.81. The number of rotatable bonds is 3. The Labute approximate surface area is 77.6 Å². The minimum atomic E-state index is -0.161. The first-order valence-electron chi connectivity index (χ1n) is 4.23. The van der Waals surface area contributed by atoms with Crippen LogP contribution in [-0.4, -0.2) is 17.3 Å². The van der Waals surface area contributed by atoms with E-state index in [0.717, 1.165) is 12.0 Å². The molecule has 2 N–H and O–H groups in total. The standard InChI is InChI=1S/C10H14O3/c1-3-7-4-5-9(13-2)10(12)8(7)6-11/h4-5,11-12H,3,6H2,1-2H3. The molecule has 0 amide bonds. The van der Waals surface area contributed by atoms with Gasteiger partial charge >= 0.3 is 0 Å². The molecule has 72 valence electrons. The molecule has 0 saturated heterocycles. The third-order valence-corrected chi connectivity index (χ3v) is 2.10. The van der Waals surface area contributed by atoms with Crippen LogP contribution >= 0.6 is 0 Å². The summed E-state index contributed by atoms with van der Waals surface area (Å²) in [5.74, 6) is 0.450. The van der Waals surface area contributed by atoms with Gasteiger partial charge in [-0.05, 0) is 18.1 Å². The van der Waals surface area contributed by atoms with Crippen molar-refractivity contribution in [1.82, 2.24) is 0 Å². The van der Waals surface area contributed by atoms with Crippen molar-refractivity contribution < 1.29 is 14.9 Å². The highest BCUT2D eigenvalue weighted by Crippen LogP contribution is 2.32. The topological polar surface area (TPSA) is 49.7 Å². The van der Waals surface area contributed by atoms with Crippen molar-refractivity contribution in [3.05, 3.63) is 23.3 Å². The van der Waals surface area contributed by atoms with E-state index in [9.17, 15) is 5.11 Å². The second-order valence-electron chi connectivity index (χ2n) is 2.77. The van der Waals surface area contributed by atoms with Crippen molar-refractivity contribution in [2.24, 2.45) is 0 Å². The Morgan fingerprint density at radius 1 is 1.38 bits per heavy atom. The van der Waals surface area contributed by atoms with E-state index in [-0.39, 0.29) is 12.4 Å². The highest BCUT2D eigenvalue weighted by atomic mass is 16.5. The SMILES string of the molecule is CCc1ccc(OC)c(O)c1CO. The van der Waals surface area contributed by atoms with Crippen molar-refractivity contribution in [3.8, 4) is 11.5 Å². The molecule has 0 spiro atoms. The van der Waals surface area contributed by atoms with Crippen LogP contribution in [0.25, 0.3) is 0 Å². The van der Waals surface area contributed by atoms with Gasteiger partial charge in [-0.25, -0.2) is 0 Å². The molecule has 0 aliphatic carbocycles. The lowest BCUT2D eigenvalue weighted by molar-refractivity contribution is 0.271. The van der Waals surface area contributed by atoms with Crippen LogP contribution in [0.3, 0.4) is 0 Å². The van der Waals surface area contributed by atoms with E-state index in [0.29, 0.717) is 11.3 Å². The number of aliphatic hydroxyl groups excluding tert-OH is 1. The molecular formula is C10H14O3. The molecule has 0 unspecified atom stereocenters. The first kappa shape index (κ1) is 9.86. The Balaban J connectivity index is 3.23. The van der Waals surface area contributed by atoms with Crippen LogP contribution in [0.5, 0.6) is 11.5 Å². The van der Waals surface area contributed by atoms with E-state index in [2.05, 4.69) is 0 Å². The largest absolute Gasteiger partial charge is 0.504 e. The molecule has 0 saturated carbocycles. The average Bonchev–Trinajstić information content (AvgIpc) is 2.17. The average molecular weight is 182 g/mol. The number of methoxy groups -OCH3 is 1. The van der Waals surface area contributed by atoms with E-state index in [1.165, 1.54) is 7.11 Å². The van der Waals surface area contributed by atoms with Crippen LogP contribution in [0, 0.1) is 0 Å². The summed E-state index contributed by atoms with van der Waals surface area (Å²) < 4.78 is 4.93. The van der Waals surface area contributed by atoms with Crippen LogP contribution in [-0.2, 0) is 13.0 Å². The molecule has 0 aromatic heterocycles. The smallest absolute Gasteiger partial charge is 0.163 e. The molecule has 1 rings (SSSR count). The molecule has 0 fully saturated rings. The molecule has 1 aromatic rings. The van der Waals surface area contributed by atoms with Crippen LogP contribution < -0.4 is 4.74 Å². The zero-order valence-corrected chi connectivity index (χ0v) is 7.87. The summed E-state index contributed by atoms with van der Waals surface area (Å²) >= 11 is 0. The van der Waals surface area contributed by atoms with Gasteiger partial charge in [0, 0.05) is 5.56 Å². The maximum absolute atomic E-state index is 9.62. The van der Waals surface area contributed by atoms with E-state index < -0.39 is 0 Å². The molecule has 0 aliphatic heterocycles. The van der Waals surface area contributed by atoms with Crippen LogP contribution in [0.4, 0.5) is 0 Å². The maximum Gasteiger partial charge on any atom is 0.163 e. The van der Waals surface area contributed by atoms with Gasteiger partial charge in [0.2, 0.25) is 0 Å². The second kappa shape index (κ2) is 4.14. The van der Waals surface area contributed by atoms with Crippen molar-refractivity contribution >= 4 is 0 Å². The number of ether oxygens (including phenoxy) is 1. The van der Waals surface area contributed by atoms with Gasteiger partial charge in [-0.3, -0.25) is 0 Å². The summed E-state index contributed by atoms with van der Waals surface area (Å²) in [5.41, 5.74) is 1.50. The van der Waals surface area contributed by atoms with Gasteiger partial charge in [-0.2, -0.15) is 0 Å². The number of aromatic hydroxyl groups is 1. The number of hydrogen-bond donors (Lipinski definition) is 2. The molecule has 0 radical (unpaired) electrons. The van der Waals surface area contributed by atoms with Gasteiger partial charge in [0.1, 0.15) is 0 Å². The Morgan fingerprint density at radius 3 is 2.54 bits per heavy atom.